The first-order chi connectivity index (χ1) is 13.3. The number of halogens is 3. The maximum absolute atomic E-state index is 13.0. The smallest absolute Gasteiger partial charge is 0.408 e. The van der Waals surface area contributed by atoms with E-state index in [1.807, 2.05) is 0 Å². The summed E-state index contributed by atoms with van der Waals surface area (Å²) in [5, 5.41) is 9.85. The fourth-order valence-corrected chi connectivity index (χ4v) is 2.41. The van der Waals surface area contributed by atoms with Crippen LogP contribution in [0, 0.1) is 0 Å². The minimum Gasteiger partial charge on any atom is -0.480 e. The molecule has 0 fully saturated rings. The molecule has 3 aromatic rings. The van der Waals surface area contributed by atoms with Crippen LogP contribution in [0.1, 0.15) is 23.3 Å². The Morgan fingerprint density at radius 3 is 2.75 bits per heavy atom. The number of aromatic nitrogens is 5. The lowest BCUT2D eigenvalue weighted by atomic mass is 10.2. The Kier molecular flexibility index (Phi) is 5.25. The summed E-state index contributed by atoms with van der Waals surface area (Å²) in [7, 11) is 1.38. The molecular weight excluding hydrogens is 377 g/mol. The lowest BCUT2D eigenvalue weighted by Gasteiger charge is -2.18. The summed E-state index contributed by atoms with van der Waals surface area (Å²) in [6, 6.07) is 5.77. The van der Waals surface area contributed by atoms with Gasteiger partial charge in [0.25, 0.3) is 5.91 Å². The van der Waals surface area contributed by atoms with E-state index in [0.717, 1.165) is 17.8 Å². The van der Waals surface area contributed by atoms with E-state index in [0.29, 0.717) is 0 Å². The zero-order valence-electron chi connectivity index (χ0n) is 14.8. The number of anilines is 1. The molecule has 3 heterocycles. The number of alkyl halides is 3. The number of ether oxygens (including phenoxy) is 1. The number of carbonyl (C=O) groups excluding carboxylic acids is 1. The normalized spacial score (nSPS) is 12.5. The van der Waals surface area contributed by atoms with Gasteiger partial charge in [-0.2, -0.15) is 13.2 Å². The largest absolute Gasteiger partial charge is 0.480 e. The summed E-state index contributed by atoms with van der Waals surface area (Å²) in [4.78, 5) is 20.6. The van der Waals surface area contributed by atoms with Gasteiger partial charge in [0, 0.05) is 6.20 Å². The van der Waals surface area contributed by atoms with E-state index in [-0.39, 0.29) is 28.8 Å². The van der Waals surface area contributed by atoms with Crippen molar-refractivity contribution in [2.24, 2.45) is 0 Å². The highest BCUT2D eigenvalue weighted by atomic mass is 19.4. The molecule has 0 spiro atoms. The summed E-state index contributed by atoms with van der Waals surface area (Å²) >= 11 is 0. The van der Waals surface area contributed by atoms with Crippen LogP contribution >= 0.6 is 0 Å². The van der Waals surface area contributed by atoms with Gasteiger partial charge in [-0.1, -0.05) is 6.07 Å². The Balaban J connectivity index is 1.88. The number of carbonyl (C=O) groups is 1. The van der Waals surface area contributed by atoms with Crippen molar-refractivity contribution in [1.29, 1.82) is 0 Å². The van der Waals surface area contributed by atoms with Gasteiger partial charge in [0.1, 0.15) is 29.4 Å². The Bertz CT molecular complexity index is 989. The minimum absolute atomic E-state index is 0.0696. The fourth-order valence-electron chi connectivity index (χ4n) is 2.41. The first-order valence-corrected chi connectivity index (χ1v) is 8.05. The molecule has 8 nitrogen and oxygen atoms in total. The van der Waals surface area contributed by atoms with Gasteiger partial charge in [0.2, 0.25) is 5.88 Å². The van der Waals surface area contributed by atoms with E-state index in [4.69, 9.17) is 4.74 Å². The SMILES string of the molecule is COc1ncccc1C(=O)Nc1cccc(-c2nncn2C(C)C(F)(F)F)n1. The van der Waals surface area contributed by atoms with Gasteiger partial charge in [-0.25, -0.2) is 9.97 Å². The molecule has 3 aromatic heterocycles. The Morgan fingerprint density at radius 1 is 1.25 bits per heavy atom. The van der Waals surface area contributed by atoms with Crippen molar-refractivity contribution in [2.75, 3.05) is 12.4 Å². The molecule has 28 heavy (non-hydrogen) atoms. The van der Waals surface area contributed by atoms with E-state index in [1.54, 1.807) is 6.07 Å². The molecule has 1 unspecified atom stereocenters. The monoisotopic (exact) mass is 392 g/mol. The number of nitrogens with one attached hydrogen (secondary N) is 1. The topological polar surface area (TPSA) is 94.8 Å². The van der Waals surface area contributed by atoms with Crippen molar-refractivity contribution in [3.05, 3.63) is 48.4 Å². The predicted molar refractivity (Wildman–Crippen MR) is 92.8 cm³/mol. The molecule has 1 atom stereocenters. The van der Waals surface area contributed by atoms with Gasteiger partial charge in [-0.05, 0) is 31.2 Å². The molecule has 1 amide bonds. The van der Waals surface area contributed by atoms with Crippen molar-refractivity contribution < 1.29 is 22.7 Å². The van der Waals surface area contributed by atoms with Gasteiger partial charge in [0.05, 0.1) is 7.11 Å². The predicted octanol–water partition coefficient (Wildman–Crippen LogP) is 3.12. The Morgan fingerprint density at radius 2 is 2.04 bits per heavy atom. The summed E-state index contributed by atoms with van der Waals surface area (Å²) in [6.45, 7) is 0.993. The molecule has 0 aliphatic carbocycles. The average Bonchev–Trinajstić information content (AvgIpc) is 3.16. The fraction of sp³-hybridized carbons (Fsp3) is 0.235. The second kappa shape index (κ2) is 7.62. The minimum atomic E-state index is -4.47. The number of nitrogens with zero attached hydrogens (tertiary/aromatic N) is 5. The average molecular weight is 392 g/mol. The maximum Gasteiger partial charge on any atom is 0.408 e. The first-order valence-electron chi connectivity index (χ1n) is 8.05. The molecule has 0 saturated heterocycles. The van der Waals surface area contributed by atoms with Crippen molar-refractivity contribution in [3.8, 4) is 17.4 Å². The van der Waals surface area contributed by atoms with Crippen LogP contribution in [0.15, 0.2) is 42.9 Å². The molecule has 0 aliphatic rings. The molecule has 0 bridgehead atoms. The molecular formula is C17H15F3N6O2. The van der Waals surface area contributed by atoms with Crippen molar-refractivity contribution in [2.45, 2.75) is 19.1 Å². The van der Waals surface area contributed by atoms with Crippen LogP contribution < -0.4 is 10.1 Å². The lowest BCUT2D eigenvalue weighted by Crippen LogP contribution is -2.24. The zero-order chi connectivity index (χ0) is 20.3. The molecule has 0 aliphatic heterocycles. The second-order valence-electron chi connectivity index (χ2n) is 5.70. The number of rotatable bonds is 5. The summed E-state index contributed by atoms with van der Waals surface area (Å²) in [5.41, 5.74) is 0.315. The van der Waals surface area contributed by atoms with Gasteiger partial charge in [-0.15, -0.1) is 10.2 Å². The van der Waals surface area contributed by atoms with Gasteiger partial charge < -0.3 is 14.6 Å². The Hall–Kier alpha value is -3.50. The number of hydrogen-bond acceptors (Lipinski definition) is 6. The highest BCUT2D eigenvalue weighted by Crippen LogP contribution is 2.32. The van der Waals surface area contributed by atoms with E-state index in [2.05, 4.69) is 25.5 Å². The molecule has 1 N–H and O–H groups in total. The summed E-state index contributed by atoms with van der Waals surface area (Å²) < 4.78 is 45.1. The molecule has 0 saturated carbocycles. The van der Waals surface area contributed by atoms with Gasteiger partial charge in [0.15, 0.2) is 5.82 Å². The van der Waals surface area contributed by atoms with Gasteiger partial charge in [-0.3, -0.25) is 4.79 Å². The van der Waals surface area contributed by atoms with E-state index in [1.165, 1.54) is 37.6 Å². The summed E-state index contributed by atoms with van der Waals surface area (Å²) in [6.07, 6.45) is -2.01. The quantitative estimate of drug-likeness (QED) is 0.717. The first kappa shape index (κ1) is 19.3. The Labute approximate surface area is 157 Å². The maximum atomic E-state index is 13.0. The van der Waals surface area contributed by atoms with E-state index < -0.39 is 18.1 Å². The third-order valence-electron chi connectivity index (χ3n) is 3.89. The van der Waals surface area contributed by atoms with Crippen molar-refractivity contribution in [1.82, 2.24) is 24.7 Å². The van der Waals surface area contributed by atoms with Crippen LogP contribution in [0.25, 0.3) is 11.5 Å². The highest BCUT2D eigenvalue weighted by molar-refractivity contribution is 6.05. The molecule has 11 heteroatoms. The van der Waals surface area contributed by atoms with Gasteiger partial charge >= 0.3 is 6.18 Å². The van der Waals surface area contributed by atoms with Crippen LogP contribution in [0.5, 0.6) is 5.88 Å². The van der Waals surface area contributed by atoms with Crippen molar-refractivity contribution in [3.63, 3.8) is 0 Å². The third kappa shape index (κ3) is 3.92. The van der Waals surface area contributed by atoms with E-state index >= 15 is 0 Å². The number of pyridine rings is 2. The zero-order valence-corrected chi connectivity index (χ0v) is 14.8. The summed E-state index contributed by atoms with van der Waals surface area (Å²) in [5.74, 6) is -0.336. The van der Waals surface area contributed by atoms with Crippen LogP contribution in [-0.2, 0) is 0 Å². The van der Waals surface area contributed by atoms with Crippen LogP contribution in [0.4, 0.5) is 19.0 Å². The molecule has 3 rings (SSSR count). The third-order valence-corrected chi connectivity index (χ3v) is 3.89. The molecule has 0 radical (unpaired) electrons. The standard InChI is InChI=1S/C17H15F3N6O2/c1-10(17(18,19)20)26-9-22-25-14(26)12-6-3-7-13(23-12)24-15(27)11-5-4-8-21-16(11)28-2/h3-10H,1-2H3,(H,23,24,27). The van der Waals surface area contributed by atoms with Crippen LogP contribution in [-0.4, -0.2) is 43.9 Å². The van der Waals surface area contributed by atoms with E-state index in [9.17, 15) is 18.0 Å². The molecule has 0 aromatic carbocycles. The lowest BCUT2D eigenvalue weighted by molar-refractivity contribution is -0.162. The van der Waals surface area contributed by atoms with Crippen LogP contribution in [0.2, 0.25) is 0 Å². The molecule has 146 valence electrons. The second-order valence-corrected chi connectivity index (χ2v) is 5.70. The van der Waals surface area contributed by atoms with Crippen LogP contribution in [0.3, 0.4) is 0 Å². The number of hydrogen-bond donors (Lipinski definition) is 1. The number of amides is 1. The highest BCUT2D eigenvalue weighted by Gasteiger charge is 2.38. The number of methoxy groups -OCH3 is 1. The van der Waals surface area contributed by atoms with Crippen molar-refractivity contribution >= 4 is 11.7 Å².